The summed E-state index contributed by atoms with van der Waals surface area (Å²) in [6, 6.07) is 19.3. The van der Waals surface area contributed by atoms with E-state index in [1.807, 2.05) is 13.0 Å². The van der Waals surface area contributed by atoms with Crippen LogP contribution >= 0.6 is 0 Å². The second-order valence-corrected chi connectivity index (χ2v) is 5.65. The molecule has 2 atom stereocenters. The van der Waals surface area contributed by atoms with Gasteiger partial charge < -0.3 is 10.4 Å². The van der Waals surface area contributed by atoms with Crippen molar-refractivity contribution in [3.8, 4) is 0 Å². The Bertz CT molecular complexity index is 536. The van der Waals surface area contributed by atoms with Crippen molar-refractivity contribution in [2.75, 3.05) is 6.54 Å². The van der Waals surface area contributed by atoms with E-state index in [-0.39, 0.29) is 12.1 Å². The van der Waals surface area contributed by atoms with Crippen LogP contribution < -0.4 is 5.32 Å². The zero-order valence-electron chi connectivity index (χ0n) is 12.9. The van der Waals surface area contributed by atoms with E-state index in [0.29, 0.717) is 0 Å². The molecule has 0 fully saturated rings. The molecule has 21 heavy (non-hydrogen) atoms. The van der Waals surface area contributed by atoms with Gasteiger partial charge in [-0.05, 0) is 49.9 Å². The summed E-state index contributed by atoms with van der Waals surface area (Å²) >= 11 is 0. The molecule has 0 aliphatic heterocycles. The first-order valence-corrected chi connectivity index (χ1v) is 7.70. The van der Waals surface area contributed by atoms with Gasteiger partial charge in [-0.3, -0.25) is 0 Å². The first-order chi connectivity index (χ1) is 10.2. The lowest BCUT2D eigenvalue weighted by atomic mass is 9.95. The first-order valence-electron chi connectivity index (χ1n) is 7.70. The normalized spacial score (nSPS) is 13.9. The summed E-state index contributed by atoms with van der Waals surface area (Å²) in [5.41, 5.74) is 3.90. The number of hydrogen-bond donors (Lipinski definition) is 2. The van der Waals surface area contributed by atoms with Crippen molar-refractivity contribution >= 4 is 0 Å². The van der Waals surface area contributed by atoms with E-state index in [9.17, 15) is 5.11 Å². The summed E-state index contributed by atoms with van der Waals surface area (Å²) in [5.74, 6) is 0. The summed E-state index contributed by atoms with van der Waals surface area (Å²) in [4.78, 5) is 0. The third-order valence-corrected chi connectivity index (χ3v) is 3.78. The molecule has 0 amide bonds. The van der Waals surface area contributed by atoms with Crippen LogP contribution in [0.2, 0.25) is 0 Å². The molecule has 0 heterocycles. The standard InChI is InChI=1S/C19H25NO/c1-15-9-6-7-13-18(15)19(17-11-4-3-5-12-17)20-14-8-10-16(2)21/h3-7,9,11-13,16,19-21H,8,10,14H2,1-2H3. The van der Waals surface area contributed by atoms with Gasteiger partial charge in [-0.1, -0.05) is 54.6 Å². The number of benzene rings is 2. The smallest absolute Gasteiger partial charge is 0.0579 e. The molecule has 0 radical (unpaired) electrons. The molecule has 0 aromatic heterocycles. The van der Waals surface area contributed by atoms with Gasteiger partial charge in [0.25, 0.3) is 0 Å². The molecule has 0 spiro atoms. The Morgan fingerprint density at radius 2 is 1.67 bits per heavy atom. The monoisotopic (exact) mass is 283 g/mol. The molecule has 112 valence electrons. The zero-order valence-corrected chi connectivity index (χ0v) is 12.9. The fourth-order valence-corrected chi connectivity index (χ4v) is 2.61. The molecule has 0 aliphatic carbocycles. The highest BCUT2D eigenvalue weighted by Gasteiger charge is 2.14. The summed E-state index contributed by atoms with van der Waals surface area (Å²) in [6.45, 7) is 4.90. The lowest BCUT2D eigenvalue weighted by molar-refractivity contribution is 0.181. The zero-order chi connectivity index (χ0) is 15.1. The highest BCUT2D eigenvalue weighted by molar-refractivity contribution is 5.36. The molecule has 2 aromatic carbocycles. The van der Waals surface area contributed by atoms with Gasteiger partial charge in [-0.15, -0.1) is 0 Å². The number of aliphatic hydroxyl groups excluding tert-OH is 1. The predicted molar refractivity (Wildman–Crippen MR) is 88.4 cm³/mol. The first kappa shape index (κ1) is 15.7. The van der Waals surface area contributed by atoms with Crippen molar-refractivity contribution in [1.29, 1.82) is 0 Å². The maximum Gasteiger partial charge on any atom is 0.0579 e. The second-order valence-electron chi connectivity index (χ2n) is 5.65. The van der Waals surface area contributed by atoms with Gasteiger partial charge in [0.05, 0.1) is 12.1 Å². The maximum atomic E-state index is 9.37. The lowest BCUT2D eigenvalue weighted by Crippen LogP contribution is -2.24. The van der Waals surface area contributed by atoms with Crippen LogP contribution in [0.4, 0.5) is 0 Å². The van der Waals surface area contributed by atoms with Crippen molar-refractivity contribution in [2.24, 2.45) is 0 Å². The topological polar surface area (TPSA) is 32.3 Å². The molecule has 2 N–H and O–H groups in total. The quantitative estimate of drug-likeness (QED) is 0.757. The molecular formula is C19H25NO. The van der Waals surface area contributed by atoms with Crippen molar-refractivity contribution in [3.63, 3.8) is 0 Å². The summed E-state index contributed by atoms with van der Waals surface area (Å²) in [7, 11) is 0. The minimum atomic E-state index is -0.222. The predicted octanol–water partition coefficient (Wildman–Crippen LogP) is 3.84. The molecule has 2 nitrogen and oxygen atoms in total. The molecule has 0 saturated carbocycles. The van der Waals surface area contributed by atoms with Crippen LogP contribution in [0.1, 0.15) is 42.5 Å². The van der Waals surface area contributed by atoms with E-state index in [4.69, 9.17) is 0 Å². The molecule has 2 heteroatoms. The van der Waals surface area contributed by atoms with Crippen LogP contribution in [0.3, 0.4) is 0 Å². The molecule has 0 bridgehead atoms. The molecule has 2 unspecified atom stereocenters. The summed E-state index contributed by atoms with van der Waals surface area (Å²) in [5, 5.41) is 13.0. The summed E-state index contributed by atoms with van der Waals surface area (Å²) in [6.07, 6.45) is 1.59. The Labute approximate surface area is 127 Å². The largest absolute Gasteiger partial charge is 0.393 e. The number of hydrogen-bond acceptors (Lipinski definition) is 2. The third-order valence-electron chi connectivity index (χ3n) is 3.78. The van der Waals surface area contributed by atoms with Gasteiger partial charge >= 0.3 is 0 Å². The summed E-state index contributed by atoms with van der Waals surface area (Å²) < 4.78 is 0. The average molecular weight is 283 g/mol. The van der Waals surface area contributed by atoms with E-state index in [1.165, 1.54) is 16.7 Å². The van der Waals surface area contributed by atoms with E-state index >= 15 is 0 Å². The van der Waals surface area contributed by atoms with Gasteiger partial charge in [0.15, 0.2) is 0 Å². The van der Waals surface area contributed by atoms with Crippen molar-refractivity contribution in [3.05, 3.63) is 71.3 Å². The van der Waals surface area contributed by atoms with E-state index in [0.717, 1.165) is 19.4 Å². The number of aryl methyl sites for hydroxylation is 1. The molecule has 0 saturated heterocycles. The Hall–Kier alpha value is -1.64. The average Bonchev–Trinajstić information content (AvgIpc) is 2.49. The van der Waals surface area contributed by atoms with Crippen LogP contribution in [0.15, 0.2) is 54.6 Å². The Kier molecular flexibility index (Phi) is 5.97. The van der Waals surface area contributed by atoms with E-state index < -0.39 is 0 Å². The minimum absolute atomic E-state index is 0.210. The second kappa shape index (κ2) is 7.96. The fourth-order valence-electron chi connectivity index (χ4n) is 2.61. The van der Waals surface area contributed by atoms with E-state index in [1.54, 1.807) is 0 Å². The number of rotatable bonds is 7. The van der Waals surface area contributed by atoms with Crippen molar-refractivity contribution < 1.29 is 5.11 Å². The lowest BCUT2D eigenvalue weighted by Gasteiger charge is -2.22. The Morgan fingerprint density at radius 3 is 2.33 bits per heavy atom. The van der Waals surface area contributed by atoms with E-state index in [2.05, 4.69) is 60.8 Å². The van der Waals surface area contributed by atoms with Gasteiger partial charge in [-0.2, -0.15) is 0 Å². The van der Waals surface area contributed by atoms with Crippen LogP contribution in [-0.2, 0) is 0 Å². The highest BCUT2D eigenvalue weighted by Crippen LogP contribution is 2.24. The number of nitrogens with one attached hydrogen (secondary N) is 1. The number of aliphatic hydroxyl groups is 1. The van der Waals surface area contributed by atoms with Crippen LogP contribution in [0.25, 0.3) is 0 Å². The van der Waals surface area contributed by atoms with Gasteiger partial charge in [-0.25, -0.2) is 0 Å². The maximum absolute atomic E-state index is 9.37. The fraction of sp³-hybridized carbons (Fsp3) is 0.368. The van der Waals surface area contributed by atoms with Crippen LogP contribution in [-0.4, -0.2) is 17.8 Å². The van der Waals surface area contributed by atoms with Gasteiger partial charge in [0.2, 0.25) is 0 Å². The Balaban J connectivity index is 2.14. The van der Waals surface area contributed by atoms with Gasteiger partial charge in [0, 0.05) is 0 Å². The Morgan fingerprint density at radius 1 is 1.00 bits per heavy atom. The van der Waals surface area contributed by atoms with Crippen LogP contribution in [0.5, 0.6) is 0 Å². The third kappa shape index (κ3) is 4.69. The van der Waals surface area contributed by atoms with Crippen LogP contribution in [0, 0.1) is 6.92 Å². The van der Waals surface area contributed by atoms with Crippen molar-refractivity contribution in [1.82, 2.24) is 5.32 Å². The molecule has 2 rings (SSSR count). The minimum Gasteiger partial charge on any atom is -0.393 e. The molecule has 0 aliphatic rings. The molecule has 2 aromatic rings. The van der Waals surface area contributed by atoms with Gasteiger partial charge in [0.1, 0.15) is 0 Å². The molecular weight excluding hydrogens is 258 g/mol. The SMILES string of the molecule is Cc1ccccc1C(NCCCC(C)O)c1ccccc1. The highest BCUT2D eigenvalue weighted by atomic mass is 16.3. The van der Waals surface area contributed by atoms with Crippen molar-refractivity contribution in [2.45, 2.75) is 38.8 Å².